The van der Waals surface area contributed by atoms with Crippen LogP contribution in [0.5, 0.6) is 5.75 Å². The summed E-state index contributed by atoms with van der Waals surface area (Å²) in [6, 6.07) is 9.28. The van der Waals surface area contributed by atoms with Crippen LogP contribution in [-0.2, 0) is 17.4 Å². The number of carboxylic acid groups (broad SMARTS) is 1. The van der Waals surface area contributed by atoms with Crippen LogP contribution in [0.25, 0.3) is 0 Å². The van der Waals surface area contributed by atoms with Gasteiger partial charge in [-0.1, -0.05) is 47.1 Å². The van der Waals surface area contributed by atoms with Crippen LogP contribution in [0.4, 0.5) is 5.69 Å². The van der Waals surface area contributed by atoms with Gasteiger partial charge in [-0.05, 0) is 72.4 Å². The first kappa shape index (κ1) is 23.2. The van der Waals surface area contributed by atoms with E-state index >= 15 is 0 Å². The second-order valence-electron chi connectivity index (χ2n) is 10.1. The van der Waals surface area contributed by atoms with Crippen LogP contribution in [0.15, 0.2) is 30.3 Å². The maximum Gasteiger partial charge on any atom is 0.335 e. The van der Waals surface area contributed by atoms with Gasteiger partial charge in [0.05, 0.1) is 12.2 Å². The van der Waals surface area contributed by atoms with Gasteiger partial charge >= 0.3 is 5.97 Å². The van der Waals surface area contributed by atoms with Gasteiger partial charge in [-0.15, -0.1) is 0 Å². The first-order chi connectivity index (χ1) is 14.6. The van der Waals surface area contributed by atoms with E-state index in [0.717, 1.165) is 37.3 Å². The Hall–Kier alpha value is -2.49. The summed E-state index contributed by atoms with van der Waals surface area (Å²) in [6.45, 7) is 15.1. The molecule has 3 rings (SSSR count). The molecule has 0 bridgehead atoms. The zero-order valence-electron chi connectivity index (χ0n) is 19.9. The number of fused-ring (bicyclic) bond motifs is 1. The zero-order valence-corrected chi connectivity index (χ0v) is 19.9. The number of rotatable bonds is 8. The number of carbonyl (C=O) groups is 1. The van der Waals surface area contributed by atoms with Crippen LogP contribution in [0.2, 0.25) is 0 Å². The molecule has 168 valence electrons. The molecule has 0 saturated carbocycles. The Kier molecular flexibility index (Phi) is 6.68. The van der Waals surface area contributed by atoms with Crippen molar-refractivity contribution in [3.8, 4) is 5.75 Å². The first-order valence-electron chi connectivity index (χ1n) is 11.4. The van der Waals surface area contributed by atoms with Crippen molar-refractivity contribution >= 4 is 11.7 Å². The first-order valence-corrected chi connectivity index (χ1v) is 11.4. The molecule has 0 heterocycles. The Bertz CT molecular complexity index is 942. The standard InChI is InChI=1S/C27H37NO3/c1-7-8-15-31-24-21(17-28-20-11-9-19(10-12-20)25(29)30)18(2)16-22-23(24)27(5,6)14-13-26(22,3)4/h9-12,16,28H,7-8,13-15,17H2,1-6H3,(H,29,30). The fourth-order valence-corrected chi connectivity index (χ4v) is 4.54. The molecule has 4 nitrogen and oxygen atoms in total. The summed E-state index contributed by atoms with van der Waals surface area (Å²) in [5, 5.41) is 12.6. The topological polar surface area (TPSA) is 58.6 Å². The Balaban J connectivity index is 2.01. The molecular weight excluding hydrogens is 386 g/mol. The average Bonchev–Trinajstić information content (AvgIpc) is 2.71. The summed E-state index contributed by atoms with van der Waals surface area (Å²) in [7, 11) is 0. The van der Waals surface area contributed by atoms with E-state index < -0.39 is 5.97 Å². The number of anilines is 1. The molecule has 2 N–H and O–H groups in total. The molecule has 0 aromatic heterocycles. The summed E-state index contributed by atoms with van der Waals surface area (Å²) in [6.07, 6.45) is 4.46. The van der Waals surface area contributed by atoms with Crippen LogP contribution in [0, 0.1) is 6.92 Å². The Morgan fingerprint density at radius 1 is 1.10 bits per heavy atom. The van der Waals surface area contributed by atoms with Gasteiger partial charge < -0.3 is 15.2 Å². The number of nitrogens with one attached hydrogen (secondary N) is 1. The molecule has 2 aromatic rings. The van der Waals surface area contributed by atoms with Crippen LogP contribution in [-0.4, -0.2) is 17.7 Å². The van der Waals surface area contributed by atoms with Crippen LogP contribution < -0.4 is 10.1 Å². The van der Waals surface area contributed by atoms with Crippen LogP contribution in [0.1, 0.15) is 92.9 Å². The third-order valence-electron chi connectivity index (χ3n) is 6.73. The van der Waals surface area contributed by atoms with E-state index in [9.17, 15) is 4.79 Å². The highest BCUT2D eigenvalue weighted by atomic mass is 16.5. The van der Waals surface area contributed by atoms with E-state index in [2.05, 4.69) is 52.9 Å². The van der Waals surface area contributed by atoms with Crippen molar-refractivity contribution in [1.29, 1.82) is 0 Å². The fourth-order valence-electron chi connectivity index (χ4n) is 4.54. The maximum absolute atomic E-state index is 11.1. The van der Waals surface area contributed by atoms with Gasteiger partial charge in [0.2, 0.25) is 0 Å². The van der Waals surface area contributed by atoms with Crippen molar-refractivity contribution in [2.75, 3.05) is 11.9 Å². The SMILES string of the molecule is CCCCOc1c(CNc2ccc(C(=O)O)cc2)c(C)cc2c1C(C)(C)CCC2(C)C. The number of carboxylic acids is 1. The van der Waals surface area contributed by atoms with E-state index in [1.54, 1.807) is 12.1 Å². The Labute approximate surface area is 187 Å². The fraction of sp³-hybridized carbons (Fsp3) is 0.519. The van der Waals surface area contributed by atoms with E-state index in [1.807, 2.05) is 12.1 Å². The predicted octanol–water partition coefficient (Wildman–Crippen LogP) is 6.83. The van der Waals surface area contributed by atoms with Crippen molar-refractivity contribution < 1.29 is 14.6 Å². The van der Waals surface area contributed by atoms with Gasteiger partial charge in [0, 0.05) is 23.4 Å². The van der Waals surface area contributed by atoms with Gasteiger partial charge in [-0.3, -0.25) is 0 Å². The molecular formula is C27H37NO3. The van der Waals surface area contributed by atoms with E-state index in [4.69, 9.17) is 9.84 Å². The third kappa shape index (κ3) is 4.89. The van der Waals surface area contributed by atoms with Crippen molar-refractivity contribution in [2.24, 2.45) is 0 Å². The molecule has 31 heavy (non-hydrogen) atoms. The monoisotopic (exact) mass is 423 g/mol. The number of ether oxygens (including phenoxy) is 1. The summed E-state index contributed by atoms with van der Waals surface area (Å²) < 4.78 is 6.51. The normalized spacial score (nSPS) is 16.5. The lowest BCUT2D eigenvalue weighted by Crippen LogP contribution is -2.35. The molecule has 0 spiro atoms. The number of aryl methyl sites for hydroxylation is 1. The second-order valence-corrected chi connectivity index (χ2v) is 10.1. The van der Waals surface area contributed by atoms with Crippen LogP contribution in [0.3, 0.4) is 0 Å². The zero-order chi connectivity index (χ0) is 22.8. The summed E-state index contributed by atoms with van der Waals surface area (Å²) >= 11 is 0. The molecule has 0 unspecified atom stereocenters. The lowest BCUT2D eigenvalue weighted by molar-refractivity contribution is 0.0697. The highest BCUT2D eigenvalue weighted by Crippen LogP contribution is 2.51. The van der Waals surface area contributed by atoms with Gasteiger partial charge in [0.25, 0.3) is 0 Å². The third-order valence-corrected chi connectivity index (χ3v) is 6.73. The molecule has 2 aromatic carbocycles. The minimum absolute atomic E-state index is 0.0674. The summed E-state index contributed by atoms with van der Waals surface area (Å²) in [5.41, 5.74) is 6.62. The van der Waals surface area contributed by atoms with Gasteiger partial charge in [0.15, 0.2) is 0 Å². The smallest absolute Gasteiger partial charge is 0.335 e. The molecule has 0 atom stereocenters. The lowest BCUT2D eigenvalue weighted by Gasteiger charge is -2.43. The Morgan fingerprint density at radius 3 is 2.35 bits per heavy atom. The molecule has 1 aliphatic rings. The number of hydrogen-bond acceptors (Lipinski definition) is 3. The number of hydrogen-bond donors (Lipinski definition) is 2. The molecule has 0 fully saturated rings. The van der Waals surface area contributed by atoms with Crippen molar-refractivity contribution in [1.82, 2.24) is 0 Å². The minimum Gasteiger partial charge on any atom is -0.493 e. The lowest BCUT2D eigenvalue weighted by atomic mass is 9.62. The van der Waals surface area contributed by atoms with Crippen molar-refractivity contribution in [2.45, 2.75) is 84.6 Å². The molecule has 0 amide bonds. The maximum atomic E-state index is 11.1. The quantitative estimate of drug-likeness (QED) is 0.457. The summed E-state index contributed by atoms with van der Waals surface area (Å²) in [4.78, 5) is 11.1. The van der Waals surface area contributed by atoms with Gasteiger partial charge in [-0.25, -0.2) is 4.79 Å². The highest BCUT2D eigenvalue weighted by Gasteiger charge is 2.40. The van der Waals surface area contributed by atoms with E-state index in [-0.39, 0.29) is 10.8 Å². The van der Waals surface area contributed by atoms with Crippen molar-refractivity contribution in [3.63, 3.8) is 0 Å². The number of aromatic carboxylic acids is 1. The number of unbranched alkanes of at least 4 members (excludes halogenated alkanes) is 1. The molecule has 0 radical (unpaired) electrons. The van der Waals surface area contributed by atoms with E-state index in [1.165, 1.54) is 28.7 Å². The largest absolute Gasteiger partial charge is 0.493 e. The van der Waals surface area contributed by atoms with Crippen LogP contribution >= 0.6 is 0 Å². The molecule has 0 saturated heterocycles. The second kappa shape index (κ2) is 8.94. The number of benzene rings is 2. The molecule has 4 heteroatoms. The predicted molar refractivity (Wildman–Crippen MR) is 128 cm³/mol. The van der Waals surface area contributed by atoms with Gasteiger partial charge in [0.1, 0.15) is 5.75 Å². The minimum atomic E-state index is -0.909. The summed E-state index contributed by atoms with van der Waals surface area (Å²) in [5.74, 6) is 0.143. The van der Waals surface area contributed by atoms with Crippen molar-refractivity contribution in [3.05, 3.63) is 58.1 Å². The highest BCUT2D eigenvalue weighted by molar-refractivity contribution is 5.88. The van der Waals surface area contributed by atoms with E-state index in [0.29, 0.717) is 12.1 Å². The molecule has 1 aliphatic carbocycles. The Morgan fingerprint density at radius 2 is 1.74 bits per heavy atom. The molecule has 0 aliphatic heterocycles. The van der Waals surface area contributed by atoms with Gasteiger partial charge in [-0.2, -0.15) is 0 Å². The average molecular weight is 424 g/mol.